The van der Waals surface area contributed by atoms with Gasteiger partial charge in [0.2, 0.25) is 0 Å². The summed E-state index contributed by atoms with van der Waals surface area (Å²) in [6, 6.07) is 0. The van der Waals surface area contributed by atoms with Crippen LogP contribution in [0.1, 0.15) is 32.3 Å². The minimum atomic E-state index is 0.225. The molecule has 0 amide bonds. The Hall–Kier alpha value is -0.870. The van der Waals surface area contributed by atoms with Gasteiger partial charge in [-0.25, -0.2) is 0 Å². The van der Waals surface area contributed by atoms with Gasteiger partial charge >= 0.3 is 0 Å². The number of aliphatic hydroxyl groups excluding tert-OH is 1. The fourth-order valence-corrected chi connectivity index (χ4v) is 1.83. The van der Waals surface area contributed by atoms with Gasteiger partial charge in [0, 0.05) is 31.4 Å². The summed E-state index contributed by atoms with van der Waals surface area (Å²) >= 11 is 0. The van der Waals surface area contributed by atoms with E-state index in [1.165, 1.54) is 5.56 Å². The highest BCUT2D eigenvalue weighted by molar-refractivity contribution is 5.03. The standard InChI is InChI=1S/C12H23N3O/c1-3-5-14(7-8-16)10-12-9-13-15(11-12)6-4-2/h9,11,16H,3-8,10H2,1-2H3. The van der Waals surface area contributed by atoms with Crippen molar-refractivity contribution in [3.63, 3.8) is 0 Å². The average molecular weight is 225 g/mol. The van der Waals surface area contributed by atoms with E-state index in [-0.39, 0.29) is 6.61 Å². The molecule has 4 heteroatoms. The van der Waals surface area contributed by atoms with Crippen LogP contribution in [0.5, 0.6) is 0 Å². The SMILES string of the molecule is CCCN(CCO)Cc1cnn(CCC)c1. The zero-order valence-electron chi connectivity index (χ0n) is 10.4. The van der Waals surface area contributed by atoms with Gasteiger partial charge in [0.05, 0.1) is 12.8 Å². The molecule has 0 aliphatic rings. The van der Waals surface area contributed by atoms with Crippen LogP contribution in [0.4, 0.5) is 0 Å². The highest BCUT2D eigenvalue weighted by Gasteiger charge is 2.05. The normalized spacial score (nSPS) is 11.2. The molecule has 1 rings (SSSR count). The fraction of sp³-hybridized carbons (Fsp3) is 0.750. The molecule has 92 valence electrons. The molecular formula is C12H23N3O. The molecule has 0 radical (unpaired) electrons. The van der Waals surface area contributed by atoms with Gasteiger partial charge in [-0.3, -0.25) is 9.58 Å². The van der Waals surface area contributed by atoms with Crippen LogP contribution in [0.3, 0.4) is 0 Å². The van der Waals surface area contributed by atoms with Crippen LogP contribution >= 0.6 is 0 Å². The van der Waals surface area contributed by atoms with Gasteiger partial charge in [-0.05, 0) is 19.4 Å². The lowest BCUT2D eigenvalue weighted by molar-refractivity contribution is 0.190. The number of aryl methyl sites for hydroxylation is 1. The maximum atomic E-state index is 8.97. The summed E-state index contributed by atoms with van der Waals surface area (Å²) in [5, 5.41) is 13.3. The summed E-state index contributed by atoms with van der Waals surface area (Å²) in [5.41, 5.74) is 1.23. The molecule has 1 heterocycles. The third-order valence-corrected chi connectivity index (χ3v) is 2.50. The number of nitrogens with zero attached hydrogens (tertiary/aromatic N) is 3. The van der Waals surface area contributed by atoms with Gasteiger partial charge in [0.1, 0.15) is 0 Å². The van der Waals surface area contributed by atoms with Gasteiger partial charge in [0.15, 0.2) is 0 Å². The van der Waals surface area contributed by atoms with Crippen molar-refractivity contribution >= 4 is 0 Å². The number of rotatable bonds is 8. The maximum absolute atomic E-state index is 8.97. The van der Waals surface area contributed by atoms with E-state index in [1.54, 1.807) is 0 Å². The third kappa shape index (κ3) is 4.33. The second kappa shape index (κ2) is 7.41. The van der Waals surface area contributed by atoms with Crippen molar-refractivity contribution in [2.75, 3.05) is 19.7 Å². The molecule has 0 bridgehead atoms. The molecular weight excluding hydrogens is 202 g/mol. The van der Waals surface area contributed by atoms with Crippen LogP contribution in [0, 0.1) is 0 Å². The van der Waals surface area contributed by atoms with Crippen molar-refractivity contribution in [3.8, 4) is 0 Å². The second-order valence-corrected chi connectivity index (χ2v) is 4.11. The van der Waals surface area contributed by atoms with Crippen LogP contribution in [-0.2, 0) is 13.1 Å². The van der Waals surface area contributed by atoms with Crippen LogP contribution in [0.25, 0.3) is 0 Å². The quantitative estimate of drug-likeness (QED) is 0.729. The lowest BCUT2D eigenvalue weighted by atomic mass is 10.3. The predicted molar refractivity (Wildman–Crippen MR) is 65.2 cm³/mol. The molecule has 16 heavy (non-hydrogen) atoms. The second-order valence-electron chi connectivity index (χ2n) is 4.11. The van der Waals surface area contributed by atoms with E-state index in [4.69, 9.17) is 5.11 Å². The summed E-state index contributed by atoms with van der Waals surface area (Å²) in [7, 11) is 0. The lowest BCUT2D eigenvalue weighted by Crippen LogP contribution is -2.27. The fourth-order valence-electron chi connectivity index (χ4n) is 1.83. The number of hydrogen-bond acceptors (Lipinski definition) is 3. The molecule has 1 aromatic rings. The first-order valence-corrected chi connectivity index (χ1v) is 6.14. The Morgan fingerprint density at radius 3 is 2.75 bits per heavy atom. The Morgan fingerprint density at radius 2 is 2.12 bits per heavy atom. The Balaban J connectivity index is 2.48. The molecule has 1 aromatic heterocycles. The number of aliphatic hydroxyl groups is 1. The Labute approximate surface area is 97.9 Å². The topological polar surface area (TPSA) is 41.3 Å². The molecule has 4 nitrogen and oxygen atoms in total. The van der Waals surface area contributed by atoms with Crippen molar-refractivity contribution in [2.45, 2.75) is 39.8 Å². The largest absolute Gasteiger partial charge is 0.395 e. The summed E-state index contributed by atoms with van der Waals surface area (Å²) in [4.78, 5) is 2.26. The van der Waals surface area contributed by atoms with E-state index in [0.717, 1.165) is 39.0 Å². The van der Waals surface area contributed by atoms with Crippen molar-refractivity contribution < 1.29 is 5.11 Å². The van der Waals surface area contributed by atoms with E-state index < -0.39 is 0 Å². The summed E-state index contributed by atoms with van der Waals surface area (Å²) < 4.78 is 1.98. The molecule has 0 atom stereocenters. The molecule has 0 saturated heterocycles. The van der Waals surface area contributed by atoms with Crippen molar-refractivity contribution in [2.24, 2.45) is 0 Å². The molecule has 0 fully saturated rings. The van der Waals surface area contributed by atoms with Gasteiger partial charge < -0.3 is 5.11 Å². The summed E-state index contributed by atoms with van der Waals surface area (Å²) in [5.74, 6) is 0. The highest BCUT2D eigenvalue weighted by atomic mass is 16.3. The molecule has 1 N–H and O–H groups in total. The first-order valence-electron chi connectivity index (χ1n) is 6.14. The highest BCUT2D eigenvalue weighted by Crippen LogP contribution is 2.04. The van der Waals surface area contributed by atoms with Crippen molar-refractivity contribution in [3.05, 3.63) is 18.0 Å². The molecule has 0 aliphatic heterocycles. The third-order valence-electron chi connectivity index (χ3n) is 2.50. The van der Waals surface area contributed by atoms with E-state index in [9.17, 15) is 0 Å². The van der Waals surface area contributed by atoms with E-state index >= 15 is 0 Å². The van der Waals surface area contributed by atoms with Crippen LogP contribution in [0.2, 0.25) is 0 Å². The Morgan fingerprint density at radius 1 is 1.31 bits per heavy atom. The molecule has 0 spiro atoms. The van der Waals surface area contributed by atoms with Gasteiger partial charge in [-0.2, -0.15) is 5.10 Å². The van der Waals surface area contributed by atoms with Gasteiger partial charge in [-0.1, -0.05) is 13.8 Å². The molecule has 0 saturated carbocycles. The molecule has 0 aromatic carbocycles. The van der Waals surface area contributed by atoms with Gasteiger partial charge in [0.25, 0.3) is 0 Å². The van der Waals surface area contributed by atoms with E-state index in [1.807, 2.05) is 10.9 Å². The minimum absolute atomic E-state index is 0.225. The summed E-state index contributed by atoms with van der Waals surface area (Å²) in [6.07, 6.45) is 6.25. The minimum Gasteiger partial charge on any atom is -0.395 e. The van der Waals surface area contributed by atoms with Crippen LogP contribution in [-0.4, -0.2) is 39.5 Å². The molecule has 0 unspecified atom stereocenters. The average Bonchev–Trinajstić information content (AvgIpc) is 2.67. The van der Waals surface area contributed by atoms with E-state index in [2.05, 4.69) is 30.0 Å². The summed E-state index contributed by atoms with van der Waals surface area (Å²) in [6.45, 7) is 8.17. The first kappa shape index (κ1) is 13.2. The monoisotopic (exact) mass is 225 g/mol. The Bertz CT molecular complexity index is 280. The Kier molecular flexibility index (Phi) is 6.11. The zero-order chi connectivity index (χ0) is 11.8. The van der Waals surface area contributed by atoms with Crippen molar-refractivity contribution in [1.29, 1.82) is 0 Å². The van der Waals surface area contributed by atoms with E-state index in [0.29, 0.717) is 0 Å². The first-order chi connectivity index (χ1) is 7.80. The van der Waals surface area contributed by atoms with Crippen LogP contribution in [0.15, 0.2) is 12.4 Å². The number of hydrogen-bond donors (Lipinski definition) is 1. The predicted octanol–water partition coefficient (Wildman–Crippen LogP) is 1.50. The zero-order valence-corrected chi connectivity index (χ0v) is 10.4. The lowest BCUT2D eigenvalue weighted by Gasteiger charge is -2.19. The smallest absolute Gasteiger partial charge is 0.0558 e. The van der Waals surface area contributed by atoms with Gasteiger partial charge in [-0.15, -0.1) is 0 Å². The van der Waals surface area contributed by atoms with Crippen LogP contribution < -0.4 is 0 Å². The van der Waals surface area contributed by atoms with Crippen molar-refractivity contribution in [1.82, 2.24) is 14.7 Å². The molecule has 0 aliphatic carbocycles. The maximum Gasteiger partial charge on any atom is 0.0558 e. The number of aromatic nitrogens is 2.